The number of fused-ring (bicyclic) bond motifs is 1. The minimum absolute atomic E-state index is 0.0619. The maximum atomic E-state index is 13.9. The smallest absolute Gasteiger partial charge is 0.306 e. The fraction of sp³-hybridized carbons (Fsp3) is 0.333. The van der Waals surface area contributed by atoms with E-state index in [1.165, 1.54) is 14.2 Å². The summed E-state index contributed by atoms with van der Waals surface area (Å²) in [5.74, 6) is -2.78. The summed E-state index contributed by atoms with van der Waals surface area (Å²) in [4.78, 5) is 82.9. The van der Waals surface area contributed by atoms with Gasteiger partial charge < -0.3 is 29.0 Å². The number of benzene rings is 4. The molecule has 7 rings (SSSR count). The van der Waals surface area contributed by atoms with E-state index in [4.69, 9.17) is 13.9 Å². The largest absolute Gasteiger partial charge is 0.469 e. The number of furan rings is 1. The number of methoxy groups -OCH3 is 2. The van der Waals surface area contributed by atoms with Crippen LogP contribution in [0.1, 0.15) is 72.6 Å². The van der Waals surface area contributed by atoms with Gasteiger partial charge in [-0.3, -0.25) is 28.8 Å². The molecule has 12 heteroatoms. The summed E-state index contributed by atoms with van der Waals surface area (Å²) in [6, 6.07) is 30.0. The van der Waals surface area contributed by atoms with Gasteiger partial charge in [-0.2, -0.15) is 0 Å². The highest BCUT2D eigenvalue weighted by atomic mass is 16.5. The van der Waals surface area contributed by atoms with Crippen LogP contribution in [0.15, 0.2) is 108 Å². The van der Waals surface area contributed by atoms with Crippen LogP contribution < -0.4 is 5.32 Å². The minimum Gasteiger partial charge on any atom is -0.469 e. The van der Waals surface area contributed by atoms with Gasteiger partial charge in [-0.25, -0.2) is 0 Å². The second-order valence-corrected chi connectivity index (χ2v) is 15.5. The lowest BCUT2D eigenvalue weighted by molar-refractivity contribution is -0.146. The molecule has 2 saturated heterocycles. The van der Waals surface area contributed by atoms with Crippen molar-refractivity contribution in [1.29, 1.82) is 0 Å². The summed E-state index contributed by atoms with van der Waals surface area (Å²) in [5, 5.41) is 3.80. The van der Waals surface area contributed by atoms with E-state index in [0.717, 1.165) is 22.1 Å². The molecule has 2 fully saturated rings. The van der Waals surface area contributed by atoms with Crippen molar-refractivity contribution in [3.05, 3.63) is 125 Å². The minimum atomic E-state index is -0.762. The van der Waals surface area contributed by atoms with Crippen LogP contribution in [0, 0.1) is 6.92 Å². The Bertz CT molecular complexity index is 2370. The topological polar surface area (TPSA) is 153 Å². The van der Waals surface area contributed by atoms with Crippen LogP contribution >= 0.6 is 0 Å². The summed E-state index contributed by atoms with van der Waals surface area (Å²) in [6.07, 6.45) is 2.33. The summed E-state index contributed by atoms with van der Waals surface area (Å²) in [7, 11) is 2.59. The molecule has 3 heterocycles. The second kappa shape index (κ2) is 18.6. The summed E-state index contributed by atoms with van der Waals surface area (Å²) >= 11 is 0. The molecule has 0 unspecified atom stereocenters. The lowest BCUT2D eigenvalue weighted by atomic mass is 9.93. The number of carbonyl (C=O) groups is 6. The number of rotatable bonds is 14. The number of nitrogens with zero attached hydrogens (tertiary/aromatic N) is 2. The Balaban J connectivity index is 1.01. The highest BCUT2D eigenvalue weighted by Crippen LogP contribution is 2.34. The van der Waals surface area contributed by atoms with Gasteiger partial charge in [0, 0.05) is 36.1 Å². The van der Waals surface area contributed by atoms with Crippen LogP contribution in [0.5, 0.6) is 0 Å². The standard InChI is InChI=1S/C48H49N3O9/c1-30-24-31(26-41(52)39-16-10-22-50(39)47(56)37(28-43(53)58-2)32-12-6-4-7-13-32)25-35-27-42(60-45(30)35)34-18-20-36(21-19-34)49-46(55)40-17-11-23-51(40)48(57)38(29-44(54)59-3)33-14-8-5-9-15-33/h4-9,12-15,18-21,24-25,27,37-40H,10-11,16-17,22-23,26,28-29H2,1-3H3,(H,49,55)/t37-,38-,39+,40+/m1/s1. The molecule has 2 aliphatic rings. The molecule has 310 valence electrons. The Morgan fingerprint density at radius 2 is 1.23 bits per heavy atom. The van der Waals surface area contributed by atoms with Crippen LogP contribution in [0.25, 0.3) is 22.3 Å². The number of ketones is 1. The van der Waals surface area contributed by atoms with Crippen molar-refractivity contribution in [1.82, 2.24) is 9.80 Å². The molecular formula is C48H49N3O9. The Hall–Kier alpha value is -6.56. The van der Waals surface area contributed by atoms with Gasteiger partial charge in [0.2, 0.25) is 17.7 Å². The van der Waals surface area contributed by atoms with Crippen LogP contribution in [0.2, 0.25) is 0 Å². The molecular weight excluding hydrogens is 763 g/mol. The summed E-state index contributed by atoms with van der Waals surface area (Å²) < 4.78 is 16.1. The number of amides is 3. The van der Waals surface area contributed by atoms with Crippen LogP contribution in [0.4, 0.5) is 5.69 Å². The number of nitrogens with one attached hydrogen (secondary N) is 1. The Labute approximate surface area is 348 Å². The van der Waals surface area contributed by atoms with Gasteiger partial charge in [0.25, 0.3) is 0 Å². The zero-order valence-corrected chi connectivity index (χ0v) is 34.1. The molecule has 4 atom stereocenters. The van der Waals surface area contributed by atoms with E-state index in [0.29, 0.717) is 66.9 Å². The molecule has 12 nitrogen and oxygen atoms in total. The Kier molecular flexibility index (Phi) is 12.9. The molecule has 1 aromatic heterocycles. The third kappa shape index (κ3) is 9.17. The van der Waals surface area contributed by atoms with Gasteiger partial charge in [0.1, 0.15) is 17.4 Å². The fourth-order valence-electron chi connectivity index (χ4n) is 8.55. The van der Waals surface area contributed by atoms with E-state index < -0.39 is 35.9 Å². The number of aryl methyl sites for hydroxylation is 1. The SMILES string of the molecule is COC(=O)C[C@@H](C(=O)N1CCC[C@H]1C(=O)Cc1cc(C)c2oc(-c3ccc(NC(=O)[C@@H]4CCCN4C(=O)[C@H](CC(=O)OC)c4ccccc4)cc3)cc2c1)c1ccccc1. The molecule has 60 heavy (non-hydrogen) atoms. The molecule has 1 N–H and O–H groups in total. The van der Waals surface area contributed by atoms with Gasteiger partial charge >= 0.3 is 11.9 Å². The van der Waals surface area contributed by atoms with Gasteiger partial charge in [0.15, 0.2) is 5.78 Å². The first kappa shape index (κ1) is 41.6. The summed E-state index contributed by atoms with van der Waals surface area (Å²) in [6.45, 7) is 2.78. The van der Waals surface area contributed by atoms with Gasteiger partial charge in [-0.1, -0.05) is 66.7 Å². The highest BCUT2D eigenvalue weighted by molar-refractivity contribution is 5.99. The van der Waals surface area contributed by atoms with E-state index in [1.807, 2.05) is 85.8 Å². The fourth-order valence-corrected chi connectivity index (χ4v) is 8.55. The van der Waals surface area contributed by atoms with Crippen LogP contribution in [0.3, 0.4) is 0 Å². The number of carbonyl (C=O) groups excluding carboxylic acids is 6. The second-order valence-electron chi connectivity index (χ2n) is 15.5. The third-order valence-electron chi connectivity index (χ3n) is 11.6. The number of likely N-dealkylation sites (tertiary alicyclic amines) is 2. The average Bonchev–Trinajstić information content (AvgIpc) is 4.06. The number of ether oxygens (including phenoxy) is 2. The van der Waals surface area contributed by atoms with Crippen molar-refractivity contribution in [3.63, 3.8) is 0 Å². The molecule has 2 aliphatic heterocycles. The predicted molar refractivity (Wildman–Crippen MR) is 225 cm³/mol. The van der Waals surface area contributed by atoms with Crippen molar-refractivity contribution in [3.8, 4) is 11.3 Å². The van der Waals surface area contributed by atoms with Crippen molar-refractivity contribution in [2.75, 3.05) is 32.6 Å². The molecule has 0 radical (unpaired) electrons. The quantitative estimate of drug-likeness (QED) is 0.115. The number of hydrogen-bond donors (Lipinski definition) is 1. The number of anilines is 1. The maximum absolute atomic E-state index is 13.9. The monoisotopic (exact) mass is 811 g/mol. The lowest BCUT2D eigenvalue weighted by Gasteiger charge is -2.28. The van der Waals surface area contributed by atoms with Gasteiger partial charge in [0.05, 0.1) is 44.9 Å². The molecule has 4 aromatic carbocycles. The average molecular weight is 812 g/mol. The molecule has 5 aromatic rings. The number of hydrogen-bond acceptors (Lipinski definition) is 9. The zero-order valence-electron chi connectivity index (χ0n) is 34.1. The van der Waals surface area contributed by atoms with Gasteiger partial charge in [-0.05, 0) is 91.3 Å². The molecule has 3 amide bonds. The molecule has 0 bridgehead atoms. The van der Waals surface area contributed by atoms with Crippen molar-refractivity contribution in [2.24, 2.45) is 0 Å². The summed E-state index contributed by atoms with van der Waals surface area (Å²) in [5.41, 5.74) is 5.11. The van der Waals surface area contributed by atoms with E-state index in [9.17, 15) is 28.8 Å². The van der Waals surface area contributed by atoms with Crippen molar-refractivity contribution >= 4 is 52.1 Å². The first-order valence-corrected chi connectivity index (χ1v) is 20.4. The Morgan fingerprint density at radius 3 is 1.78 bits per heavy atom. The van der Waals surface area contributed by atoms with Crippen LogP contribution in [-0.2, 0) is 44.7 Å². The highest BCUT2D eigenvalue weighted by Gasteiger charge is 2.40. The first-order chi connectivity index (χ1) is 29.0. The lowest BCUT2D eigenvalue weighted by Crippen LogP contribution is -2.45. The van der Waals surface area contributed by atoms with Gasteiger partial charge in [-0.15, -0.1) is 0 Å². The third-order valence-corrected chi connectivity index (χ3v) is 11.6. The van der Waals surface area contributed by atoms with Crippen molar-refractivity contribution in [2.45, 2.75) is 75.8 Å². The maximum Gasteiger partial charge on any atom is 0.306 e. The predicted octanol–water partition coefficient (Wildman–Crippen LogP) is 7.13. The van der Waals surface area contributed by atoms with E-state index >= 15 is 0 Å². The molecule has 0 saturated carbocycles. The number of Topliss-reactive ketones (excluding diaryl/α,β-unsaturated/α-hetero) is 1. The normalized spacial score (nSPS) is 17.2. The van der Waals surface area contributed by atoms with E-state index in [1.54, 1.807) is 34.1 Å². The molecule has 0 spiro atoms. The Morgan fingerprint density at radius 1 is 0.700 bits per heavy atom. The van der Waals surface area contributed by atoms with E-state index in [-0.39, 0.29) is 42.8 Å². The van der Waals surface area contributed by atoms with Crippen LogP contribution in [-0.4, -0.2) is 84.6 Å². The zero-order chi connectivity index (χ0) is 42.3. The first-order valence-electron chi connectivity index (χ1n) is 20.4. The molecule has 0 aliphatic carbocycles. The van der Waals surface area contributed by atoms with Crippen molar-refractivity contribution < 1.29 is 42.7 Å². The van der Waals surface area contributed by atoms with E-state index in [2.05, 4.69) is 5.32 Å². The number of esters is 2.